The van der Waals surface area contributed by atoms with Gasteiger partial charge in [0, 0.05) is 10.0 Å². The molecule has 2 aromatic carbocycles. The monoisotopic (exact) mass is 542 g/mol. The molecule has 0 aliphatic heterocycles. The Morgan fingerprint density at radius 3 is 2.61 bits per heavy atom. The third kappa shape index (κ3) is 4.51. The van der Waals surface area contributed by atoms with Gasteiger partial charge < -0.3 is 10.1 Å². The van der Waals surface area contributed by atoms with E-state index in [1.54, 1.807) is 18.2 Å². The van der Waals surface area contributed by atoms with Crippen molar-refractivity contribution in [2.24, 2.45) is 0 Å². The van der Waals surface area contributed by atoms with E-state index in [9.17, 15) is 22.4 Å². The van der Waals surface area contributed by atoms with Crippen molar-refractivity contribution in [3.63, 3.8) is 0 Å². The highest BCUT2D eigenvalue weighted by Crippen LogP contribution is 2.35. The number of rotatable bonds is 4. The molecule has 6 nitrogen and oxygen atoms in total. The molecule has 0 atom stereocenters. The van der Waals surface area contributed by atoms with Gasteiger partial charge in [0.1, 0.15) is 16.6 Å². The standard InChI is InChI=1S/C21H12BrClF4N4O2/c1-33-12-4-2-3-10(7-12)15-9-16(21(25,26)27)31-19(28-15)17(23)18(30-31)20(32)29-14-6-5-11(22)8-13(14)24/h2-9H,1H3,(H,29,32). The molecule has 0 bridgehead atoms. The molecule has 0 aliphatic carbocycles. The zero-order valence-corrected chi connectivity index (χ0v) is 18.9. The molecule has 1 N–H and O–H groups in total. The van der Waals surface area contributed by atoms with Crippen LogP contribution in [-0.2, 0) is 6.18 Å². The molecule has 0 saturated carbocycles. The topological polar surface area (TPSA) is 68.5 Å². The number of benzene rings is 2. The number of ether oxygens (including phenoxy) is 1. The van der Waals surface area contributed by atoms with Gasteiger partial charge in [0.2, 0.25) is 0 Å². The van der Waals surface area contributed by atoms with Crippen LogP contribution in [0.3, 0.4) is 0 Å². The summed E-state index contributed by atoms with van der Waals surface area (Å²) >= 11 is 9.31. The average molecular weight is 544 g/mol. The van der Waals surface area contributed by atoms with Crippen molar-refractivity contribution in [1.29, 1.82) is 0 Å². The molecule has 0 spiro atoms. The largest absolute Gasteiger partial charge is 0.497 e. The number of anilines is 1. The van der Waals surface area contributed by atoms with E-state index in [-0.39, 0.29) is 17.0 Å². The van der Waals surface area contributed by atoms with Crippen LogP contribution in [0.5, 0.6) is 5.75 Å². The van der Waals surface area contributed by atoms with Crippen LogP contribution in [-0.4, -0.2) is 27.6 Å². The first-order chi connectivity index (χ1) is 15.6. The number of aromatic nitrogens is 3. The molecule has 0 aliphatic rings. The molecular weight excluding hydrogens is 532 g/mol. The minimum Gasteiger partial charge on any atom is -0.497 e. The van der Waals surface area contributed by atoms with Gasteiger partial charge in [0.05, 0.1) is 18.5 Å². The minimum atomic E-state index is -4.84. The summed E-state index contributed by atoms with van der Waals surface area (Å²) in [7, 11) is 1.42. The van der Waals surface area contributed by atoms with Gasteiger partial charge in [-0.1, -0.05) is 39.7 Å². The van der Waals surface area contributed by atoms with Crippen LogP contribution < -0.4 is 10.1 Å². The number of nitrogens with zero attached hydrogens (tertiary/aromatic N) is 3. The lowest BCUT2D eigenvalue weighted by molar-refractivity contribution is -0.142. The lowest BCUT2D eigenvalue weighted by Crippen LogP contribution is -2.16. The van der Waals surface area contributed by atoms with Crippen LogP contribution >= 0.6 is 27.5 Å². The summed E-state index contributed by atoms with van der Waals surface area (Å²) in [6, 6.07) is 10.9. The molecule has 2 aromatic heterocycles. The fraction of sp³-hybridized carbons (Fsp3) is 0.0952. The lowest BCUT2D eigenvalue weighted by atomic mass is 10.1. The molecule has 0 unspecified atom stereocenters. The maximum Gasteiger partial charge on any atom is 0.433 e. The second-order valence-electron chi connectivity index (χ2n) is 6.73. The number of halogens is 6. The zero-order valence-electron chi connectivity index (χ0n) is 16.5. The van der Waals surface area contributed by atoms with E-state index in [0.717, 1.165) is 12.1 Å². The van der Waals surface area contributed by atoms with Crippen molar-refractivity contribution < 1.29 is 27.1 Å². The Hall–Kier alpha value is -3.18. The highest BCUT2D eigenvalue weighted by Gasteiger charge is 2.36. The van der Waals surface area contributed by atoms with Gasteiger partial charge in [-0.15, -0.1) is 0 Å². The molecular formula is C21H12BrClF4N4O2. The minimum absolute atomic E-state index is 0.0542. The van der Waals surface area contributed by atoms with Crippen LogP contribution in [0.15, 0.2) is 53.0 Å². The Balaban J connectivity index is 1.85. The number of alkyl halides is 3. The van der Waals surface area contributed by atoms with E-state index < -0.39 is 34.3 Å². The first-order valence-corrected chi connectivity index (χ1v) is 10.3. The summed E-state index contributed by atoms with van der Waals surface area (Å²) in [5.41, 5.74) is -2.03. The van der Waals surface area contributed by atoms with E-state index in [2.05, 4.69) is 31.3 Å². The maximum absolute atomic E-state index is 14.1. The Morgan fingerprint density at radius 1 is 1.18 bits per heavy atom. The molecule has 4 rings (SSSR count). The molecule has 4 aromatic rings. The van der Waals surface area contributed by atoms with Crippen molar-refractivity contribution >= 4 is 44.8 Å². The molecule has 12 heteroatoms. The molecule has 0 radical (unpaired) electrons. The van der Waals surface area contributed by atoms with Crippen molar-refractivity contribution in [2.45, 2.75) is 6.18 Å². The Bertz CT molecular complexity index is 1390. The zero-order chi connectivity index (χ0) is 23.9. The highest BCUT2D eigenvalue weighted by atomic mass is 79.9. The summed E-state index contributed by atoms with van der Waals surface area (Å²) < 4.78 is 61.6. The highest BCUT2D eigenvalue weighted by molar-refractivity contribution is 9.10. The van der Waals surface area contributed by atoms with Gasteiger partial charge in [-0.05, 0) is 36.4 Å². The Morgan fingerprint density at radius 2 is 1.94 bits per heavy atom. The van der Waals surface area contributed by atoms with Crippen LogP contribution in [0.2, 0.25) is 5.02 Å². The second kappa shape index (κ2) is 8.64. The average Bonchev–Trinajstić information content (AvgIpc) is 3.11. The summed E-state index contributed by atoms with van der Waals surface area (Å²) in [5, 5.41) is 5.56. The number of amides is 1. The molecule has 33 heavy (non-hydrogen) atoms. The summed E-state index contributed by atoms with van der Waals surface area (Å²) in [4.78, 5) is 16.9. The molecule has 2 heterocycles. The lowest BCUT2D eigenvalue weighted by Gasteiger charge is -2.11. The second-order valence-corrected chi connectivity index (χ2v) is 8.03. The van der Waals surface area contributed by atoms with Crippen LogP contribution in [0.25, 0.3) is 16.9 Å². The first-order valence-electron chi connectivity index (χ1n) is 9.16. The van der Waals surface area contributed by atoms with E-state index in [0.29, 0.717) is 20.3 Å². The van der Waals surface area contributed by atoms with Crippen molar-refractivity contribution in [2.75, 3.05) is 12.4 Å². The van der Waals surface area contributed by atoms with E-state index in [1.165, 1.54) is 25.3 Å². The van der Waals surface area contributed by atoms with Gasteiger partial charge in [0.25, 0.3) is 5.91 Å². The third-order valence-corrected chi connectivity index (χ3v) is 5.42. The van der Waals surface area contributed by atoms with E-state index >= 15 is 0 Å². The fourth-order valence-corrected chi connectivity index (χ4v) is 3.62. The SMILES string of the molecule is COc1cccc(-c2cc(C(F)(F)F)n3nc(C(=O)Nc4ccc(Br)cc4F)c(Cl)c3n2)c1. The van der Waals surface area contributed by atoms with E-state index in [1.807, 2.05) is 0 Å². The number of hydrogen-bond acceptors (Lipinski definition) is 4. The number of methoxy groups -OCH3 is 1. The predicted octanol–water partition coefficient (Wildman–Crippen LogP) is 6.23. The first kappa shape index (κ1) is 23.0. The number of hydrogen-bond donors (Lipinski definition) is 1. The number of fused-ring (bicyclic) bond motifs is 1. The van der Waals surface area contributed by atoms with Gasteiger partial charge in [-0.25, -0.2) is 13.9 Å². The Labute approximate surface area is 197 Å². The predicted molar refractivity (Wildman–Crippen MR) is 117 cm³/mol. The molecule has 0 saturated heterocycles. The number of carbonyl (C=O) groups excluding carboxylic acids is 1. The van der Waals surface area contributed by atoms with Crippen molar-refractivity contribution in [3.05, 3.63) is 75.2 Å². The normalized spacial score (nSPS) is 11.6. The van der Waals surface area contributed by atoms with Crippen LogP contribution in [0.1, 0.15) is 16.2 Å². The van der Waals surface area contributed by atoms with E-state index in [4.69, 9.17) is 16.3 Å². The molecule has 170 valence electrons. The van der Waals surface area contributed by atoms with Crippen molar-refractivity contribution in [1.82, 2.24) is 14.6 Å². The van der Waals surface area contributed by atoms with Crippen LogP contribution in [0.4, 0.5) is 23.2 Å². The van der Waals surface area contributed by atoms with Gasteiger partial charge in [-0.2, -0.15) is 18.3 Å². The summed E-state index contributed by atoms with van der Waals surface area (Å²) in [6.45, 7) is 0. The van der Waals surface area contributed by atoms with Gasteiger partial charge in [0.15, 0.2) is 17.0 Å². The Kier molecular flexibility index (Phi) is 6.02. The fourth-order valence-electron chi connectivity index (χ4n) is 3.04. The van der Waals surface area contributed by atoms with Gasteiger partial charge in [-0.3, -0.25) is 4.79 Å². The molecule has 1 amide bonds. The van der Waals surface area contributed by atoms with Crippen LogP contribution in [0, 0.1) is 5.82 Å². The summed E-state index contributed by atoms with van der Waals surface area (Å²) in [5.74, 6) is -1.34. The van der Waals surface area contributed by atoms with Gasteiger partial charge >= 0.3 is 6.18 Å². The third-order valence-electron chi connectivity index (χ3n) is 4.58. The quantitative estimate of drug-likeness (QED) is 0.310. The van der Waals surface area contributed by atoms with Crippen molar-refractivity contribution in [3.8, 4) is 17.0 Å². The summed E-state index contributed by atoms with van der Waals surface area (Å²) in [6.07, 6.45) is -4.84. The smallest absolute Gasteiger partial charge is 0.433 e. The maximum atomic E-state index is 14.1. The molecule has 0 fully saturated rings. The number of carbonyl (C=O) groups is 1. The number of nitrogens with one attached hydrogen (secondary N) is 1.